The van der Waals surface area contributed by atoms with Crippen molar-refractivity contribution in [3.63, 3.8) is 0 Å². The Balaban J connectivity index is 1.85. The van der Waals surface area contributed by atoms with Crippen molar-refractivity contribution in [2.75, 3.05) is 32.2 Å². The zero-order valence-corrected chi connectivity index (χ0v) is 22.7. The van der Waals surface area contributed by atoms with Gasteiger partial charge in [-0.15, -0.1) is 0 Å². The van der Waals surface area contributed by atoms with Crippen LogP contribution in [0.3, 0.4) is 0 Å². The Morgan fingerprint density at radius 3 is 2.24 bits per heavy atom. The van der Waals surface area contributed by atoms with Crippen molar-refractivity contribution < 1.29 is 24.2 Å². The Kier molecular flexibility index (Phi) is 8.27. The third kappa shape index (κ3) is 5.48. The van der Waals surface area contributed by atoms with Crippen molar-refractivity contribution in [1.29, 1.82) is 0 Å². The minimum Gasteiger partial charge on any atom is -0.507 e. The third-order valence-corrected chi connectivity index (χ3v) is 6.66. The van der Waals surface area contributed by atoms with E-state index in [4.69, 9.17) is 21.1 Å². The van der Waals surface area contributed by atoms with E-state index in [9.17, 15) is 14.7 Å². The first kappa shape index (κ1) is 27.1. The van der Waals surface area contributed by atoms with Crippen LogP contribution >= 0.6 is 11.6 Å². The molecule has 1 unspecified atom stereocenters. The average Bonchev–Trinajstić information content (AvgIpc) is 3.15. The van der Waals surface area contributed by atoms with Crippen molar-refractivity contribution in [2.45, 2.75) is 26.4 Å². The maximum Gasteiger partial charge on any atom is 0.295 e. The lowest BCUT2D eigenvalue weighted by molar-refractivity contribution is -0.140. The minimum absolute atomic E-state index is 0.0240. The molecule has 1 N–H and O–H groups in total. The van der Waals surface area contributed by atoms with Gasteiger partial charge in [0.25, 0.3) is 11.7 Å². The Hall–Kier alpha value is -3.97. The molecule has 0 radical (unpaired) electrons. The van der Waals surface area contributed by atoms with Gasteiger partial charge in [-0.2, -0.15) is 0 Å². The molecule has 0 aliphatic carbocycles. The molecule has 1 heterocycles. The Labute approximate surface area is 227 Å². The summed E-state index contributed by atoms with van der Waals surface area (Å²) in [6, 6.07) is 19.0. The second-order valence-electron chi connectivity index (χ2n) is 9.07. The highest BCUT2D eigenvalue weighted by atomic mass is 35.5. The highest BCUT2D eigenvalue weighted by Gasteiger charge is 2.46. The molecule has 1 aliphatic rings. The van der Waals surface area contributed by atoms with Crippen LogP contribution in [0.1, 0.15) is 36.6 Å². The number of rotatable bonds is 9. The number of carbonyl (C=O) groups excluding carboxylic acids is 2. The van der Waals surface area contributed by atoms with E-state index in [1.165, 1.54) is 4.90 Å². The number of hydrogen-bond acceptors (Lipinski definition) is 6. The van der Waals surface area contributed by atoms with E-state index in [1.807, 2.05) is 81.4 Å². The predicted octanol–water partition coefficient (Wildman–Crippen LogP) is 5.83. The van der Waals surface area contributed by atoms with E-state index in [0.717, 1.165) is 11.3 Å². The van der Waals surface area contributed by atoms with Gasteiger partial charge < -0.3 is 24.4 Å². The van der Waals surface area contributed by atoms with Gasteiger partial charge in [0.05, 0.1) is 29.9 Å². The number of Topliss-reactive ketones (excluding diaryl/α,β-unsaturated/α-hetero) is 1. The first-order valence-corrected chi connectivity index (χ1v) is 12.8. The van der Waals surface area contributed by atoms with Crippen LogP contribution in [0.4, 0.5) is 5.69 Å². The van der Waals surface area contributed by atoms with Gasteiger partial charge in [0.15, 0.2) is 0 Å². The van der Waals surface area contributed by atoms with Crippen LogP contribution in [0.5, 0.6) is 11.5 Å². The van der Waals surface area contributed by atoms with Gasteiger partial charge >= 0.3 is 0 Å². The number of aliphatic hydroxyl groups excluding tert-OH is 1. The topological polar surface area (TPSA) is 79.3 Å². The fourth-order valence-corrected chi connectivity index (χ4v) is 4.74. The van der Waals surface area contributed by atoms with Gasteiger partial charge in [-0.25, -0.2) is 0 Å². The lowest BCUT2D eigenvalue weighted by Crippen LogP contribution is -2.29. The molecule has 3 aromatic carbocycles. The fraction of sp³-hybridized carbons (Fsp3) is 0.267. The first-order chi connectivity index (χ1) is 18.2. The molecule has 1 amide bonds. The van der Waals surface area contributed by atoms with E-state index < -0.39 is 17.7 Å². The molecule has 1 saturated heterocycles. The van der Waals surface area contributed by atoms with E-state index in [1.54, 1.807) is 18.2 Å². The third-order valence-electron chi connectivity index (χ3n) is 6.33. The smallest absolute Gasteiger partial charge is 0.295 e. The zero-order chi connectivity index (χ0) is 27.4. The van der Waals surface area contributed by atoms with Gasteiger partial charge in [0, 0.05) is 31.9 Å². The maximum absolute atomic E-state index is 13.5. The highest BCUT2D eigenvalue weighted by molar-refractivity contribution is 6.47. The summed E-state index contributed by atoms with van der Waals surface area (Å²) >= 11 is 6.44. The van der Waals surface area contributed by atoms with E-state index >= 15 is 0 Å². The molecule has 0 saturated carbocycles. The van der Waals surface area contributed by atoms with Crippen LogP contribution in [0, 0.1) is 0 Å². The molecule has 8 heteroatoms. The standard InChI is InChI=1S/C30H31ClN2O5/c1-5-37-22-9-7-8-19(16-22)18-33-27(20-10-12-21(13-11-20)32(3)4)26(29(35)30(33)36)28(34)24-17-23(38-6-2)14-15-25(24)31/h7-17,27,34H,5-6,18H2,1-4H3/b28-26+. The SMILES string of the molecule is CCOc1cccc(CN2C(=O)C(=O)/C(=C(/O)c3cc(OCC)ccc3Cl)C2c2ccc(N(C)C)cc2)c1. The average molecular weight is 535 g/mol. The quantitative estimate of drug-likeness (QED) is 0.211. The lowest BCUT2D eigenvalue weighted by Gasteiger charge is -2.26. The monoisotopic (exact) mass is 534 g/mol. The van der Waals surface area contributed by atoms with Crippen LogP contribution in [-0.4, -0.2) is 49.0 Å². The number of aliphatic hydroxyl groups is 1. The number of likely N-dealkylation sites (tertiary alicyclic amines) is 1. The van der Waals surface area contributed by atoms with Gasteiger partial charge in [-0.05, 0) is 67.4 Å². The van der Waals surface area contributed by atoms with Crippen molar-refractivity contribution in [2.24, 2.45) is 0 Å². The molecule has 1 fully saturated rings. The second-order valence-corrected chi connectivity index (χ2v) is 9.48. The number of ketones is 1. The summed E-state index contributed by atoms with van der Waals surface area (Å²) in [5.74, 6) is -0.655. The number of anilines is 1. The first-order valence-electron chi connectivity index (χ1n) is 12.4. The molecule has 1 aliphatic heterocycles. The number of halogens is 1. The van der Waals surface area contributed by atoms with Gasteiger partial charge in [0.1, 0.15) is 17.3 Å². The summed E-state index contributed by atoms with van der Waals surface area (Å²) in [5, 5.41) is 11.7. The number of ether oxygens (including phenoxy) is 2. The van der Waals surface area contributed by atoms with Crippen LogP contribution in [0.25, 0.3) is 5.76 Å². The molecule has 3 aromatic rings. The molecule has 4 rings (SSSR count). The number of amides is 1. The molecule has 0 bridgehead atoms. The number of benzene rings is 3. The summed E-state index contributed by atoms with van der Waals surface area (Å²) in [5.41, 5.74) is 2.65. The molecule has 7 nitrogen and oxygen atoms in total. The van der Waals surface area contributed by atoms with Gasteiger partial charge in [-0.3, -0.25) is 9.59 Å². The number of nitrogens with zero attached hydrogens (tertiary/aromatic N) is 2. The Bertz CT molecular complexity index is 1370. The predicted molar refractivity (Wildman–Crippen MR) is 149 cm³/mol. The Morgan fingerprint density at radius 1 is 0.947 bits per heavy atom. The Morgan fingerprint density at radius 2 is 1.61 bits per heavy atom. The van der Waals surface area contributed by atoms with Crippen LogP contribution in [-0.2, 0) is 16.1 Å². The molecule has 0 aromatic heterocycles. The van der Waals surface area contributed by atoms with Crippen molar-refractivity contribution in [3.05, 3.63) is 94.0 Å². The van der Waals surface area contributed by atoms with E-state index in [2.05, 4.69) is 0 Å². The summed E-state index contributed by atoms with van der Waals surface area (Å²) in [4.78, 5) is 30.3. The summed E-state index contributed by atoms with van der Waals surface area (Å²) < 4.78 is 11.2. The van der Waals surface area contributed by atoms with Crippen molar-refractivity contribution in [1.82, 2.24) is 4.90 Å². The minimum atomic E-state index is -0.825. The van der Waals surface area contributed by atoms with Crippen molar-refractivity contribution in [3.8, 4) is 11.5 Å². The number of carbonyl (C=O) groups is 2. The molecular weight excluding hydrogens is 504 g/mol. The van der Waals surface area contributed by atoms with Crippen LogP contribution < -0.4 is 14.4 Å². The summed E-state index contributed by atoms with van der Waals surface area (Å²) in [6.07, 6.45) is 0. The van der Waals surface area contributed by atoms with E-state index in [0.29, 0.717) is 30.3 Å². The molecule has 38 heavy (non-hydrogen) atoms. The lowest BCUT2D eigenvalue weighted by atomic mass is 9.94. The van der Waals surface area contributed by atoms with Crippen LogP contribution in [0.2, 0.25) is 5.02 Å². The van der Waals surface area contributed by atoms with Gasteiger partial charge in [0.2, 0.25) is 0 Å². The summed E-state index contributed by atoms with van der Waals surface area (Å²) in [6.45, 7) is 4.82. The highest BCUT2D eigenvalue weighted by Crippen LogP contribution is 2.42. The molecular formula is C30H31ClN2O5. The number of hydrogen-bond donors (Lipinski definition) is 1. The fourth-order valence-electron chi connectivity index (χ4n) is 4.53. The molecule has 0 spiro atoms. The largest absolute Gasteiger partial charge is 0.507 e. The normalized spacial score (nSPS) is 16.6. The zero-order valence-electron chi connectivity index (χ0n) is 21.9. The second kappa shape index (κ2) is 11.6. The van der Waals surface area contributed by atoms with Crippen LogP contribution in [0.15, 0.2) is 72.3 Å². The van der Waals surface area contributed by atoms with Crippen molar-refractivity contribution >= 4 is 34.7 Å². The maximum atomic E-state index is 13.5. The molecule has 1 atom stereocenters. The summed E-state index contributed by atoms with van der Waals surface area (Å²) in [7, 11) is 3.86. The van der Waals surface area contributed by atoms with Gasteiger partial charge in [-0.1, -0.05) is 35.9 Å². The van der Waals surface area contributed by atoms with E-state index in [-0.39, 0.29) is 28.5 Å². The molecule has 198 valence electrons.